The fourth-order valence-corrected chi connectivity index (χ4v) is 8.03. The second-order valence-electron chi connectivity index (χ2n) is 12.0. The molecule has 0 fully saturated rings. The van der Waals surface area contributed by atoms with Crippen molar-refractivity contribution < 1.29 is 4.42 Å². The Morgan fingerprint density at radius 2 is 1.04 bits per heavy atom. The molecule has 10 rings (SSSR count). The third kappa shape index (κ3) is 4.25. The average molecular weight is 632 g/mol. The fraction of sp³-hybridized carbons (Fsp3) is 0. The van der Waals surface area contributed by atoms with E-state index in [1.165, 1.54) is 20.2 Å². The Hall–Kier alpha value is -6.17. The molecule has 0 bridgehead atoms. The Bertz CT molecular complexity index is 2840. The third-order valence-electron chi connectivity index (χ3n) is 9.13. The molecule has 3 heterocycles. The molecule has 4 nitrogen and oxygen atoms in total. The summed E-state index contributed by atoms with van der Waals surface area (Å²) in [5, 5.41) is 6.68. The van der Waals surface area contributed by atoms with Gasteiger partial charge in [-0.05, 0) is 40.8 Å². The molecule has 7 aromatic carbocycles. The lowest BCUT2D eigenvalue weighted by atomic mass is 9.93. The van der Waals surface area contributed by atoms with Gasteiger partial charge < -0.3 is 4.42 Å². The average Bonchev–Trinajstić information content (AvgIpc) is 3.73. The van der Waals surface area contributed by atoms with Crippen LogP contribution in [-0.4, -0.2) is 15.0 Å². The fourth-order valence-electron chi connectivity index (χ4n) is 6.89. The first-order chi connectivity index (χ1) is 23.8. The van der Waals surface area contributed by atoms with Gasteiger partial charge in [0.1, 0.15) is 11.2 Å². The SMILES string of the molecule is c1ccc(-c2nc(-c3ccc4c(c3)sc3ccccc34)nc(-c3cc4c5ccccc5oc4c4c(-c5ccccc5)cccc34)n2)cc1. The number of furan rings is 1. The highest BCUT2D eigenvalue weighted by Gasteiger charge is 2.21. The van der Waals surface area contributed by atoms with Crippen LogP contribution in [0.1, 0.15) is 0 Å². The second-order valence-corrected chi connectivity index (χ2v) is 13.1. The van der Waals surface area contributed by atoms with Gasteiger partial charge in [0, 0.05) is 53.0 Å². The van der Waals surface area contributed by atoms with E-state index in [2.05, 4.69) is 115 Å². The molecule has 0 unspecified atom stereocenters. The Morgan fingerprint density at radius 1 is 0.396 bits per heavy atom. The molecule has 0 aliphatic carbocycles. The first-order valence-corrected chi connectivity index (χ1v) is 16.8. The van der Waals surface area contributed by atoms with E-state index in [0.717, 1.165) is 60.5 Å². The van der Waals surface area contributed by atoms with E-state index in [4.69, 9.17) is 19.4 Å². The lowest BCUT2D eigenvalue weighted by Crippen LogP contribution is -2.00. The second kappa shape index (κ2) is 10.7. The quantitative estimate of drug-likeness (QED) is 0.194. The van der Waals surface area contributed by atoms with Gasteiger partial charge in [-0.2, -0.15) is 0 Å². The molecule has 3 aromatic heterocycles. The van der Waals surface area contributed by atoms with Gasteiger partial charge in [-0.25, -0.2) is 15.0 Å². The van der Waals surface area contributed by atoms with Crippen molar-refractivity contribution in [2.24, 2.45) is 0 Å². The number of fused-ring (bicyclic) bond motifs is 8. The van der Waals surface area contributed by atoms with E-state index in [1.54, 1.807) is 11.3 Å². The van der Waals surface area contributed by atoms with Crippen LogP contribution in [0.25, 0.3) is 98.2 Å². The van der Waals surface area contributed by atoms with Crippen LogP contribution in [0.5, 0.6) is 0 Å². The van der Waals surface area contributed by atoms with Crippen molar-refractivity contribution in [2.75, 3.05) is 0 Å². The molecule has 10 aromatic rings. The van der Waals surface area contributed by atoms with E-state index < -0.39 is 0 Å². The summed E-state index contributed by atoms with van der Waals surface area (Å²) >= 11 is 1.79. The van der Waals surface area contributed by atoms with Crippen molar-refractivity contribution in [2.45, 2.75) is 0 Å². The smallest absolute Gasteiger partial charge is 0.164 e. The molecule has 5 heteroatoms. The summed E-state index contributed by atoms with van der Waals surface area (Å²) in [6.45, 7) is 0. The molecule has 0 radical (unpaired) electrons. The lowest BCUT2D eigenvalue weighted by molar-refractivity contribution is 0.673. The number of hydrogen-bond donors (Lipinski definition) is 0. The van der Waals surface area contributed by atoms with Gasteiger partial charge in [-0.15, -0.1) is 11.3 Å². The molecular weight excluding hydrogens is 607 g/mol. The molecule has 0 saturated carbocycles. The summed E-state index contributed by atoms with van der Waals surface area (Å²) in [5.41, 5.74) is 6.78. The predicted molar refractivity (Wildman–Crippen MR) is 199 cm³/mol. The summed E-state index contributed by atoms with van der Waals surface area (Å²) < 4.78 is 9.10. The first-order valence-electron chi connectivity index (χ1n) is 15.9. The Labute approximate surface area is 279 Å². The van der Waals surface area contributed by atoms with Crippen LogP contribution in [0, 0.1) is 0 Å². The normalized spacial score (nSPS) is 11.8. The molecule has 0 aliphatic rings. The maximum absolute atomic E-state index is 6.62. The van der Waals surface area contributed by atoms with Gasteiger partial charge in [-0.3, -0.25) is 0 Å². The summed E-state index contributed by atoms with van der Waals surface area (Å²) in [7, 11) is 0. The van der Waals surface area contributed by atoms with Crippen molar-refractivity contribution >= 4 is 64.2 Å². The molecular formula is C43H25N3OS. The number of thiophene rings is 1. The highest BCUT2D eigenvalue weighted by Crippen LogP contribution is 2.43. The Morgan fingerprint density at radius 3 is 1.88 bits per heavy atom. The van der Waals surface area contributed by atoms with Gasteiger partial charge in [0.2, 0.25) is 0 Å². The Kier molecular flexibility index (Phi) is 6.01. The van der Waals surface area contributed by atoms with Crippen LogP contribution in [-0.2, 0) is 0 Å². The highest BCUT2D eigenvalue weighted by molar-refractivity contribution is 7.25. The standard InChI is InChI=1S/C43H25N3OS/c1-3-12-26(13-4-1)29-18-11-19-33-35(25-34-30-16-7-9-20-36(30)47-40(34)39(29)33)43-45-41(27-14-5-2-6-15-27)44-42(46-43)28-22-23-32-31-17-8-10-21-37(31)48-38(32)24-28/h1-25H. The van der Waals surface area contributed by atoms with Crippen LogP contribution >= 0.6 is 11.3 Å². The van der Waals surface area contributed by atoms with Crippen molar-refractivity contribution in [3.05, 3.63) is 152 Å². The number of para-hydroxylation sites is 1. The molecule has 224 valence electrons. The van der Waals surface area contributed by atoms with Crippen molar-refractivity contribution in [3.63, 3.8) is 0 Å². The van der Waals surface area contributed by atoms with Gasteiger partial charge in [0.25, 0.3) is 0 Å². The minimum atomic E-state index is 0.623. The topological polar surface area (TPSA) is 51.8 Å². The first kappa shape index (κ1) is 27.0. The summed E-state index contributed by atoms with van der Waals surface area (Å²) in [6.07, 6.45) is 0. The largest absolute Gasteiger partial charge is 0.455 e. The molecule has 0 N–H and O–H groups in total. The molecule has 0 saturated heterocycles. The molecule has 0 spiro atoms. The number of aromatic nitrogens is 3. The van der Waals surface area contributed by atoms with Gasteiger partial charge in [0.05, 0.1) is 0 Å². The number of rotatable bonds is 4. The summed E-state index contributed by atoms with van der Waals surface area (Å²) in [6, 6.07) is 52.6. The van der Waals surface area contributed by atoms with Crippen LogP contribution < -0.4 is 0 Å². The van der Waals surface area contributed by atoms with Crippen molar-refractivity contribution in [1.29, 1.82) is 0 Å². The molecule has 0 atom stereocenters. The third-order valence-corrected chi connectivity index (χ3v) is 10.3. The molecule has 48 heavy (non-hydrogen) atoms. The maximum atomic E-state index is 6.62. The van der Waals surface area contributed by atoms with Crippen LogP contribution in [0.2, 0.25) is 0 Å². The maximum Gasteiger partial charge on any atom is 0.164 e. The molecule has 0 aliphatic heterocycles. The van der Waals surface area contributed by atoms with Crippen LogP contribution in [0.4, 0.5) is 0 Å². The van der Waals surface area contributed by atoms with Crippen LogP contribution in [0.15, 0.2) is 156 Å². The van der Waals surface area contributed by atoms with Crippen molar-refractivity contribution in [1.82, 2.24) is 15.0 Å². The number of benzene rings is 7. The van der Waals surface area contributed by atoms with E-state index in [9.17, 15) is 0 Å². The number of nitrogens with zero attached hydrogens (tertiary/aromatic N) is 3. The van der Waals surface area contributed by atoms with E-state index in [1.807, 2.05) is 36.4 Å². The minimum Gasteiger partial charge on any atom is -0.455 e. The predicted octanol–water partition coefficient (Wildman–Crippen LogP) is 12.0. The van der Waals surface area contributed by atoms with Gasteiger partial charge in [-0.1, -0.05) is 127 Å². The summed E-state index contributed by atoms with van der Waals surface area (Å²) in [4.78, 5) is 15.5. The van der Waals surface area contributed by atoms with Gasteiger partial charge in [0.15, 0.2) is 17.5 Å². The minimum absolute atomic E-state index is 0.623. The van der Waals surface area contributed by atoms with E-state index in [0.29, 0.717) is 17.5 Å². The zero-order chi connectivity index (χ0) is 31.6. The van der Waals surface area contributed by atoms with E-state index in [-0.39, 0.29) is 0 Å². The zero-order valence-electron chi connectivity index (χ0n) is 25.6. The highest BCUT2D eigenvalue weighted by atomic mass is 32.1. The van der Waals surface area contributed by atoms with E-state index >= 15 is 0 Å². The van der Waals surface area contributed by atoms with Crippen molar-refractivity contribution in [3.8, 4) is 45.3 Å². The van der Waals surface area contributed by atoms with Crippen LogP contribution in [0.3, 0.4) is 0 Å². The van der Waals surface area contributed by atoms with Gasteiger partial charge >= 0.3 is 0 Å². The Balaban J connectivity index is 1.28. The monoisotopic (exact) mass is 631 g/mol. The zero-order valence-corrected chi connectivity index (χ0v) is 26.4. The number of hydrogen-bond acceptors (Lipinski definition) is 5. The molecule has 0 amide bonds. The lowest BCUT2D eigenvalue weighted by Gasteiger charge is -2.13. The summed E-state index contributed by atoms with van der Waals surface area (Å²) in [5.74, 6) is 1.90.